The third-order valence-electron chi connectivity index (χ3n) is 3.53. The highest BCUT2D eigenvalue weighted by molar-refractivity contribution is 5.81. The van der Waals surface area contributed by atoms with E-state index in [1.54, 1.807) is 0 Å². The molecule has 1 aliphatic rings. The Kier molecular flexibility index (Phi) is 3.52. The number of hydrogen-bond acceptors (Lipinski definition) is 2. The second-order valence-electron chi connectivity index (χ2n) is 4.66. The van der Waals surface area contributed by atoms with Gasteiger partial charge in [-0.15, -0.1) is 0 Å². The molecule has 0 fully saturated rings. The van der Waals surface area contributed by atoms with Crippen molar-refractivity contribution in [3.8, 4) is 0 Å². The van der Waals surface area contributed by atoms with Crippen molar-refractivity contribution in [2.75, 3.05) is 13.6 Å². The van der Waals surface area contributed by atoms with E-state index in [4.69, 9.17) is 0 Å². The lowest BCUT2D eigenvalue weighted by molar-refractivity contribution is -0.134. The van der Waals surface area contributed by atoms with Crippen molar-refractivity contribution in [3.05, 3.63) is 23.5 Å². The van der Waals surface area contributed by atoms with Crippen molar-refractivity contribution < 1.29 is 4.79 Å². The van der Waals surface area contributed by atoms with E-state index in [-0.39, 0.29) is 11.9 Å². The summed E-state index contributed by atoms with van der Waals surface area (Å²) >= 11 is 0. The minimum Gasteiger partial charge on any atom is -0.348 e. The van der Waals surface area contributed by atoms with E-state index in [2.05, 4.69) is 29.1 Å². The first-order valence-corrected chi connectivity index (χ1v) is 6.29. The van der Waals surface area contributed by atoms with Gasteiger partial charge in [0.15, 0.2) is 0 Å². The Bertz CT molecular complexity index is 411. The summed E-state index contributed by atoms with van der Waals surface area (Å²) in [4.78, 5) is 14.0. The number of hydrogen-bond donors (Lipinski definition) is 1. The fourth-order valence-electron chi connectivity index (χ4n) is 2.24. The normalized spacial score (nSPS) is 16.8. The number of likely N-dealkylation sites (N-methyl/N-ethyl adjacent to an activating group) is 1. The van der Waals surface area contributed by atoms with E-state index in [0.29, 0.717) is 0 Å². The van der Waals surface area contributed by atoms with E-state index in [0.717, 1.165) is 26.1 Å². The van der Waals surface area contributed by atoms with Crippen LogP contribution in [0.5, 0.6) is 0 Å². The summed E-state index contributed by atoms with van der Waals surface area (Å²) in [6, 6.07) is 2.12. The molecule has 2 rings (SSSR count). The molecule has 1 N–H and O–H groups in total. The molecule has 4 heteroatoms. The summed E-state index contributed by atoms with van der Waals surface area (Å²) in [5.74, 6) is 0.193. The van der Waals surface area contributed by atoms with Gasteiger partial charge < -0.3 is 14.8 Å². The highest BCUT2D eigenvalue weighted by Crippen LogP contribution is 2.17. The lowest BCUT2D eigenvalue weighted by Gasteiger charge is -2.30. The molecule has 2 heterocycles. The summed E-state index contributed by atoms with van der Waals surface area (Å²) in [7, 11) is 1.82. The van der Waals surface area contributed by atoms with Gasteiger partial charge in [0.2, 0.25) is 5.91 Å². The molecule has 17 heavy (non-hydrogen) atoms. The summed E-state index contributed by atoms with van der Waals surface area (Å²) in [6.07, 6.45) is 3.26. The first-order valence-electron chi connectivity index (χ1n) is 6.29. The Morgan fingerprint density at radius 3 is 2.94 bits per heavy atom. The quantitative estimate of drug-likeness (QED) is 0.848. The summed E-state index contributed by atoms with van der Waals surface area (Å²) in [5.41, 5.74) is 2.61. The third kappa shape index (κ3) is 2.36. The maximum Gasteiger partial charge on any atom is 0.239 e. The smallest absolute Gasteiger partial charge is 0.239 e. The zero-order chi connectivity index (χ0) is 12.4. The summed E-state index contributed by atoms with van der Waals surface area (Å²) in [5, 5.41) is 3.00. The summed E-state index contributed by atoms with van der Waals surface area (Å²) in [6.45, 7) is 6.54. The number of aromatic nitrogens is 1. The molecular weight excluding hydrogens is 214 g/mol. The summed E-state index contributed by atoms with van der Waals surface area (Å²) < 4.78 is 2.27. The molecule has 1 amide bonds. The first-order chi connectivity index (χ1) is 8.15. The number of nitrogens with one attached hydrogen (secondary N) is 1. The van der Waals surface area contributed by atoms with Crippen LogP contribution in [0, 0.1) is 0 Å². The molecule has 1 aromatic rings. The van der Waals surface area contributed by atoms with Crippen LogP contribution < -0.4 is 5.32 Å². The minimum atomic E-state index is -0.0952. The van der Waals surface area contributed by atoms with Gasteiger partial charge in [-0.3, -0.25) is 4.79 Å². The molecule has 1 atom stereocenters. The fraction of sp³-hybridized carbons (Fsp3) is 0.615. The van der Waals surface area contributed by atoms with Crippen LogP contribution in [0.2, 0.25) is 0 Å². The Morgan fingerprint density at radius 1 is 1.53 bits per heavy atom. The van der Waals surface area contributed by atoms with Crippen molar-refractivity contribution in [1.82, 2.24) is 14.8 Å². The van der Waals surface area contributed by atoms with Crippen molar-refractivity contribution in [3.63, 3.8) is 0 Å². The maximum atomic E-state index is 12.1. The molecule has 94 valence electrons. The van der Waals surface area contributed by atoms with Crippen molar-refractivity contribution >= 4 is 5.91 Å². The number of amides is 1. The molecule has 0 aliphatic carbocycles. The van der Waals surface area contributed by atoms with Crippen LogP contribution in [0.15, 0.2) is 12.3 Å². The largest absolute Gasteiger partial charge is 0.348 e. The van der Waals surface area contributed by atoms with Crippen LogP contribution in [-0.4, -0.2) is 35.0 Å². The van der Waals surface area contributed by atoms with Gasteiger partial charge in [-0.1, -0.05) is 6.92 Å². The van der Waals surface area contributed by atoms with Crippen molar-refractivity contribution in [2.45, 2.75) is 39.4 Å². The van der Waals surface area contributed by atoms with Crippen LogP contribution in [0.4, 0.5) is 0 Å². The van der Waals surface area contributed by atoms with Gasteiger partial charge in [-0.2, -0.15) is 0 Å². The van der Waals surface area contributed by atoms with Crippen LogP contribution in [0.25, 0.3) is 0 Å². The molecule has 0 spiro atoms. The SMILES string of the molecule is CCc1cc2n(c1)CCN(C(=O)[C@H](C)NC)C2. The van der Waals surface area contributed by atoms with Gasteiger partial charge in [-0.25, -0.2) is 0 Å². The second kappa shape index (κ2) is 4.92. The molecule has 0 bridgehead atoms. The Balaban J connectivity index is 2.10. The monoisotopic (exact) mass is 235 g/mol. The van der Waals surface area contributed by atoms with Gasteiger partial charge in [-0.05, 0) is 32.0 Å². The van der Waals surface area contributed by atoms with Gasteiger partial charge in [0.1, 0.15) is 0 Å². The van der Waals surface area contributed by atoms with E-state index >= 15 is 0 Å². The van der Waals surface area contributed by atoms with Crippen LogP contribution >= 0.6 is 0 Å². The van der Waals surface area contributed by atoms with Gasteiger partial charge in [0.05, 0.1) is 12.6 Å². The minimum absolute atomic E-state index is 0.0952. The number of nitrogens with zero attached hydrogens (tertiary/aromatic N) is 2. The van der Waals surface area contributed by atoms with Gasteiger partial charge >= 0.3 is 0 Å². The fourth-order valence-corrected chi connectivity index (χ4v) is 2.24. The van der Waals surface area contributed by atoms with E-state index in [1.165, 1.54) is 11.3 Å². The average Bonchev–Trinajstić information content (AvgIpc) is 2.78. The second-order valence-corrected chi connectivity index (χ2v) is 4.66. The van der Waals surface area contributed by atoms with Crippen molar-refractivity contribution in [1.29, 1.82) is 0 Å². The van der Waals surface area contributed by atoms with Gasteiger partial charge in [0.25, 0.3) is 0 Å². The highest BCUT2D eigenvalue weighted by atomic mass is 16.2. The Labute approximate surface area is 103 Å². The van der Waals surface area contributed by atoms with E-state index in [9.17, 15) is 4.79 Å². The maximum absolute atomic E-state index is 12.1. The lowest BCUT2D eigenvalue weighted by Crippen LogP contribution is -2.46. The number of carbonyl (C=O) groups excluding carboxylic acids is 1. The standard InChI is InChI=1S/C13H21N3O/c1-4-11-7-12-9-16(6-5-15(12)8-11)13(17)10(2)14-3/h7-8,10,14H,4-6,9H2,1-3H3/t10-/m0/s1. The van der Waals surface area contributed by atoms with Crippen LogP contribution in [0.3, 0.4) is 0 Å². The molecule has 0 unspecified atom stereocenters. The molecule has 0 aromatic carbocycles. The van der Waals surface area contributed by atoms with Crippen LogP contribution in [0.1, 0.15) is 25.1 Å². The molecule has 1 aliphatic heterocycles. The Hall–Kier alpha value is -1.29. The number of aryl methyl sites for hydroxylation is 1. The average molecular weight is 235 g/mol. The first kappa shape index (κ1) is 12.2. The molecule has 0 saturated heterocycles. The van der Waals surface area contributed by atoms with E-state index < -0.39 is 0 Å². The van der Waals surface area contributed by atoms with Gasteiger partial charge in [0, 0.05) is 25.0 Å². The molecule has 4 nitrogen and oxygen atoms in total. The molecular formula is C13H21N3O. The highest BCUT2D eigenvalue weighted by Gasteiger charge is 2.23. The predicted molar refractivity (Wildman–Crippen MR) is 67.7 cm³/mol. The topological polar surface area (TPSA) is 37.3 Å². The third-order valence-corrected chi connectivity index (χ3v) is 3.53. The molecule has 0 radical (unpaired) electrons. The van der Waals surface area contributed by atoms with Crippen LogP contribution in [-0.2, 0) is 24.3 Å². The number of rotatable bonds is 3. The zero-order valence-electron chi connectivity index (χ0n) is 10.9. The lowest BCUT2D eigenvalue weighted by atomic mass is 10.2. The number of fused-ring (bicyclic) bond motifs is 1. The zero-order valence-corrected chi connectivity index (χ0v) is 10.9. The molecule has 1 aromatic heterocycles. The Morgan fingerprint density at radius 2 is 2.29 bits per heavy atom. The van der Waals surface area contributed by atoms with E-state index in [1.807, 2.05) is 18.9 Å². The van der Waals surface area contributed by atoms with Crippen molar-refractivity contribution in [2.24, 2.45) is 0 Å². The number of carbonyl (C=O) groups is 1. The molecule has 0 saturated carbocycles. The predicted octanol–water partition coefficient (Wildman–Crippen LogP) is 1.00.